The number of nitrogens with two attached hydrogens (primary N) is 1. The number of hydrogen-bond acceptors (Lipinski definition) is 6. The van der Waals surface area contributed by atoms with E-state index in [0.29, 0.717) is 24.4 Å². The molecular weight excluding hydrogens is 523 g/mol. The third kappa shape index (κ3) is 5.81. The largest absolute Gasteiger partial charge is 0.382 e. The van der Waals surface area contributed by atoms with Crippen LogP contribution < -0.4 is 11.1 Å². The minimum Gasteiger partial charge on any atom is -0.382 e. The summed E-state index contributed by atoms with van der Waals surface area (Å²) < 4.78 is 29.3. The van der Waals surface area contributed by atoms with Crippen LogP contribution in [0.4, 0.5) is 10.1 Å². The number of amides is 1. The quantitative estimate of drug-likeness (QED) is 0.491. The van der Waals surface area contributed by atoms with Crippen LogP contribution in [0, 0.1) is 11.2 Å². The monoisotopic (exact) mass is 566 g/mol. The van der Waals surface area contributed by atoms with Crippen LogP contribution in [0.25, 0.3) is 5.69 Å². The van der Waals surface area contributed by atoms with E-state index < -0.39 is 11.7 Å². The molecule has 6 rings (SSSR count). The Bertz CT molecular complexity index is 1320. The van der Waals surface area contributed by atoms with E-state index in [2.05, 4.69) is 28.6 Å². The fourth-order valence-electron chi connectivity index (χ4n) is 7.39. The average molecular weight is 567 g/mol. The van der Waals surface area contributed by atoms with Gasteiger partial charge in [-0.05, 0) is 74.5 Å². The number of primary amides is 1. The summed E-state index contributed by atoms with van der Waals surface area (Å²) in [7, 11) is 0. The van der Waals surface area contributed by atoms with Crippen molar-refractivity contribution in [1.82, 2.24) is 9.47 Å². The summed E-state index contributed by atoms with van der Waals surface area (Å²) in [6.07, 6.45) is 7.75. The summed E-state index contributed by atoms with van der Waals surface area (Å²) in [5, 5.41) is 3.48. The molecule has 2 aromatic rings. The maximum absolute atomic E-state index is 15.6. The Morgan fingerprint density at radius 1 is 1.12 bits per heavy atom. The lowest BCUT2D eigenvalue weighted by atomic mass is 9.75. The molecule has 0 radical (unpaired) electrons. The Balaban J connectivity index is 1.21. The number of morpholine rings is 1. The Labute approximate surface area is 241 Å². The van der Waals surface area contributed by atoms with Crippen molar-refractivity contribution < 1.29 is 23.5 Å². The number of nitrogens with zero attached hydrogens (tertiary/aromatic N) is 2. The highest BCUT2D eigenvalue weighted by Gasteiger charge is 2.39. The number of benzene rings is 1. The summed E-state index contributed by atoms with van der Waals surface area (Å²) in [6.45, 7) is 9.36. The summed E-state index contributed by atoms with van der Waals surface area (Å²) >= 11 is 0. The molecule has 1 aromatic heterocycles. The summed E-state index contributed by atoms with van der Waals surface area (Å²) in [4.78, 5) is 28.0. The van der Waals surface area contributed by atoms with Gasteiger partial charge in [-0.2, -0.15) is 0 Å². The van der Waals surface area contributed by atoms with Gasteiger partial charge in [-0.25, -0.2) is 4.39 Å². The van der Waals surface area contributed by atoms with Crippen molar-refractivity contribution >= 4 is 17.4 Å². The third-order valence-corrected chi connectivity index (χ3v) is 9.36. The van der Waals surface area contributed by atoms with E-state index in [1.54, 1.807) is 0 Å². The van der Waals surface area contributed by atoms with E-state index in [0.717, 1.165) is 107 Å². The molecule has 0 spiro atoms. The molecule has 3 aliphatic carbocycles. The first-order chi connectivity index (χ1) is 19.7. The number of hydrogen-bond donors (Lipinski definition) is 2. The minimum absolute atomic E-state index is 0.0895. The lowest BCUT2D eigenvalue weighted by molar-refractivity contribution is -0.00920. The van der Waals surface area contributed by atoms with E-state index in [1.165, 1.54) is 6.07 Å². The topological polar surface area (TPSA) is 98.8 Å². The highest BCUT2D eigenvalue weighted by atomic mass is 19.1. The second kappa shape index (κ2) is 11.5. The third-order valence-electron chi connectivity index (χ3n) is 9.36. The summed E-state index contributed by atoms with van der Waals surface area (Å²) in [6, 6.07) is 3.36. The van der Waals surface area contributed by atoms with Crippen molar-refractivity contribution in [1.29, 1.82) is 0 Å². The van der Waals surface area contributed by atoms with Gasteiger partial charge < -0.3 is 25.1 Å². The van der Waals surface area contributed by atoms with Crippen LogP contribution in [0.2, 0.25) is 0 Å². The molecule has 9 heteroatoms. The first kappa shape index (κ1) is 28.4. The minimum atomic E-state index is -0.784. The molecule has 2 heterocycles. The van der Waals surface area contributed by atoms with E-state index in [-0.39, 0.29) is 28.9 Å². The van der Waals surface area contributed by atoms with Gasteiger partial charge in [0.25, 0.3) is 5.91 Å². The molecule has 1 amide bonds. The van der Waals surface area contributed by atoms with Gasteiger partial charge in [0.1, 0.15) is 5.82 Å². The zero-order chi connectivity index (χ0) is 28.7. The molecule has 8 nitrogen and oxygen atoms in total. The number of nitrogens with one attached hydrogen (secondary N) is 1. The number of carbonyl (C=O) groups is 2. The van der Waals surface area contributed by atoms with Crippen LogP contribution in [-0.2, 0) is 28.7 Å². The second-order valence-electron chi connectivity index (χ2n) is 13.0. The van der Waals surface area contributed by atoms with E-state index in [4.69, 9.17) is 15.2 Å². The lowest BCUT2D eigenvalue weighted by Gasteiger charge is -2.32. The molecule has 1 saturated heterocycles. The van der Waals surface area contributed by atoms with Crippen molar-refractivity contribution in [3.05, 3.63) is 46.0 Å². The van der Waals surface area contributed by atoms with Gasteiger partial charge >= 0.3 is 0 Å². The predicted octanol–water partition coefficient (Wildman–Crippen LogP) is 4.43. The van der Waals surface area contributed by atoms with Crippen molar-refractivity contribution in [2.75, 3.05) is 44.8 Å². The zero-order valence-electron chi connectivity index (χ0n) is 24.4. The van der Waals surface area contributed by atoms with Gasteiger partial charge in [0, 0.05) is 49.0 Å². The smallest absolute Gasteiger partial charge is 0.253 e. The van der Waals surface area contributed by atoms with Crippen molar-refractivity contribution in [3.63, 3.8) is 0 Å². The first-order valence-electron chi connectivity index (χ1n) is 15.3. The van der Waals surface area contributed by atoms with Crippen molar-refractivity contribution in [2.45, 2.75) is 83.8 Å². The number of ether oxygens (including phenoxy) is 2. The summed E-state index contributed by atoms with van der Waals surface area (Å²) in [5.41, 5.74) is 10.5. The SMILES string of the molecule is CC1(C)CC(=O)c2c3c(n(-c4cc(F)c(C(N)=O)c(NC5CCC(OCCN6CCOCC6)CC5)c4)c2C1)CCC3. The van der Waals surface area contributed by atoms with Crippen LogP contribution in [0.15, 0.2) is 12.1 Å². The standard InChI is InChI=1S/C32H43FN4O4/c1-32(2)18-27-29(28(38)19-32)23-4-3-5-26(23)37(27)21-16-24(33)30(31(34)39)25(17-21)35-20-6-8-22(9-7-20)41-15-12-36-10-13-40-14-11-36/h16-17,20,22,35H,3-15,18-19H2,1-2H3,(H2,34,39). The van der Waals surface area contributed by atoms with Crippen LogP contribution in [0.5, 0.6) is 0 Å². The number of ketones is 1. The van der Waals surface area contributed by atoms with Gasteiger partial charge in [0.15, 0.2) is 5.78 Å². The predicted molar refractivity (Wildman–Crippen MR) is 156 cm³/mol. The maximum Gasteiger partial charge on any atom is 0.253 e. The van der Waals surface area contributed by atoms with Crippen LogP contribution >= 0.6 is 0 Å². The number of fused-ring (bicyclic) bond motifs is 3. The second-order valence-corrected chi connectivity index (χ2v) is 13.0. The van der Waals surface area contributed by atoms with Gasteiger partial charge in [-0.1, -0.05) is 13.8 Å². The molecule has 0 unspecified atom stereocenters. The molecule has 41 heavy (non-hydrogen) atoms. The van der Waals surface area contributed by atoms with Crippen molar-refractivity contribution in [3.8, 4) is 5.69 Å². The van der Waals surface area contributed by atoms with E-state index in [1.807, 2.05) is 6.07 Å². The highest BCUT2D eigenvalue weighted by molar-refractivity contribution is 6.01. The van der Waals surface area contributed by atoms with Gasteiger partial charge in [0.2, 0.25) is 0 Å². The molecule has 0 atom stereocenters. The number of rotatable bonds is 8. The normalized spacial score (nSPS) is 24.2. The molecule has 0 bridgehead atoms. The molecule has 4 aliphatic rings. The van der Waals surface area contributed by atoms with Crippen LogP contribution in [0.3, 0.4) is 0 Å². The number of aromatic nitrogens is 1. The summed E-state index contributed by atoms with van der Waals surface area (Å²) in [5.74, 6) is -1.23. The number of Topliss-reactive ketones (excluding diaryl/α,β-unsaturated/α-hetero) is 1. The van der Waals surface area contributed by atoms with Crippen molar-refractivity contribution in [2.24, 2.45) is 11.1 Å². The lowest BCUT2D eigenvalue weighted by Crippen LogP contribution is -2.39. The number of halogens is 1. The maximum atomic E-state index is 15.6. The van der Waals surface area contributed by atoms with Crippen LogP contribution in [-0.4, -0.2) is 72.8 Å². The Morgan fingerprint density at radius 3 is 2.61 bits per heavy atom. The van der Waals surface area contributed by atoms with E-state index in [9.17, 15) is 9.59 Å². The molecule has 3 N–H and O–H groups in total. The molecule has 1 saturated carbocycles. The van der Waals surface area contributed by atoms with Crippen LogP contribution in [0.1, 0.15) is 90.0 Å². The molecule has 1 aromatic carbocycles. The Kier molecular flexibility index (Phi) is 7.96. The Morgan fingerprint density at radius 2 is 1.88 bits per heavy atom. The molecular formula is C32H43FN4O4. The fourth-order valence-corrected chi connectivity index (χ4v) is 7.39. The average Bonchev–Trinajstić information content (AvgIpc) is 3.49. The number of carbonyl (C=O) groups excluding carboxylic acids is 2. The van der Waals surface area contributed by atoms with E-state index >= 15 is 4.39 Å². The molecule has 1 aliphatic heterocycles. The zero-order valence-corrected chi connectivity index (χ0v) is 24.4. The Hall–Kier alpha value is -2.75. The first-order valence-corrected chi connectivity index (χ1v) is 15.3. The van der Waals surface area contributed by atoms with Gasteiger partial charge in [0.05, 0.1) is 42.9 Å². The van der Waals surface area contributed by atoms with Gasteiger partial charge in [-0.15, -0.1) is 0 Å². The molecule has 222 valence electrons. The number of anilines is 1. The highest BCUT2D eigenvalue weighted by Crippen LogP contribution is 2.43. The fraction of sp³-hybridized carbons (Fsp3) is 0.625. The van der Waals surface area contributed by atoms with Gasteiger partial charge in [-0.3, -0.25) is 14.5 Å². The molecule has 2 fully saturated rings.